The molecule has 0 fully saturated rings. The standard InChI is InChI=1S/C7H10O/c8-6-7-4-2-1-3-5-7/h1-4,7-8H,5-6H2/t7-/m1/s1. The lowest BCUT2D eigenvalue weighted by atomic mass is 10.0. The molecule has 1 atom stereocenters. The minimum Gasteiger partial charge on any atom is -0.396 e. The van der Waals surface area contributed by atoms with Gasteiger partial charge < -0.3 is 5.11 Å². The minimum atomic E-state index is 0.279. The summed E-state index contributed by atoms with van der Waals surface area (Å²) in [6, 6.07) is 0. The Hall–Kier alpha value is -0.560. The van der Waals surface area contributed by atoms with E-state index in [0.717, 1.165) is 6.42 Å². The molecule has 44 valence electrons. The van der Waals surface area contributed by atoms with Crippen LogP contribution in [0.4, 0.5) is 0 Å². The van der Waals surface area contributed by atoms with E-state index in [1.54, 1.807) is 0 Å². The van der Waals surface area contributed by atoms with Gasteiger partial charge in [0.1, 0.15) is 0 Å². The Morgan fingerprint density at radius 3 is 2.75 bits per heavy atom. The van der Waals surface area contributed by atoms with Crippen LogP contribution in [0, 0.1) is 5.92 Å². The number of aliphatic hydroxyl groups is 1. The second-order valence-corrected chi connectivity index (χ2v) is 1.99. The van der Waals surface area contributed by atoms with Crippen LogP contribution >= 0.6 is 0 Å². The second-order valence-electron chi connectivity index (χ2n) is 1.99. The van der Waals surface area contributed by atoms with Crippen molar-refractivity contribution in [3.8, 4) is 0 Å². The van der Waals surface area contributed by atoms with Gasteiger partial charge >= 0.3 is 0 Å². The topological polar surface area (TPSA) is 20.2 Å². The third-order valence-corrected chi connectivity index (χ3v) is 1.30. The summed E-state index contributed by atoms with van der Waals surface area (Å²) in [4.78, 5) is 0. The van der Waals surface area contributed by atoms with Gasteiger partial charge in [-0.1, -0.05) is 24.3 Å². The quantitative estimate of drug-likeness (QED) is 0.536. The van der Waals surface area contributed by atoms with Crippen molar-refractivity contribution in [2.75, 3.05) is 6.61 Å². The van der Waals surface area contributed by atoms with Crippen molar-refractivity contribution in [2.24, 2.45) is 5.92 Å². The van der Waals surface area contributed by atoms with Gasteiger partial charge in [-0.05, 0) is 6.42 Å². The second kappa shape index (κ2) is 2.68. The average molecular weight is 110 g/mol. The number of aliphatic hydroxyl groups excluding tert-OH is 1. The molecule has 1 N–H and O–H groups in total. The van der Waals surface area contributed by atoms with Crippen LogP contribution in [0.5, 0.6) is 0 Å². The highest BCUT2D eigenvalue weighted by molar-refractivity contribution is 5.10. The van der Waals surface area contributed by atoms with E-state index in [1.807, 2.05) is 18.2 Å². The molecule has 0 saturated heterocycles. The maximum Gasteiger partial charge on any atom is 0.0496 e. The Bertz CT molecular complexity index is 114. The average Bonchev–Trinajstić information content (AvgIpc) is 1.90. The van der Waals surface area contributed by atoms with E-state index in [2.05, 4.69) is 6.08 Å². The van der Waals surface area contributed by atoms with Crippen LogP contribution in [-0.2, 0) is 0 Å². The van der Waals surface area contributed by atoms with E-state index in [4.69, 9.17) is 5.11 Å². The monoisotopic (exact) mass is 110 g/mol. The SMILES string of the molecule is OC[C@@H]1C=CC=CC1. The smallest absolute Gasteiger partial charge is 0.0496 e. The number of rotatable bonds is 1. The summed E-state index contributed by atoms with van der Waals surface area (Å²) < 4.78 is 0. The third-order valence-electron chi connectivity index (χ3n) is 1.30. The van der Waals surface area contributed by atoms with Crippen molar-refractivity contribution in [1.82, 2.24) is 0 Å². The van der Waals surface area contributed by atoms with Gasteiger partial charge in [-0.3, -0.25) is 0 Å². The summed E-state index contributed by atoms with van der Waals surface area (Å²) in [6.45, 7) is 0.279. The van der Waals surface area contributed by atoms with Crippen molar-refractivity contribution >= 4 is 0 Å². The molecular weight excluding hydrogens is 100 g/mol. The molecule has 0 saturated carbocycles. The molecule has 0 radical (unpaired) electrons. The maximum absolute atomic E-state index is 8.61. The van der Waals surface area contributed by atoms with Gasteiger partial charge in [0.15, 0.2) is 0 Å². The van der Waals surface area contributed by atoms with Gasteiger partial charge in [0.2, 0.25) is 0 Å². The van der Waals surface area contributed by atoms with E-state index in [9.17, 15) is 0 Å². The molecule has 1 aliphatic carbocycles. The van der Waals surface area contributed by atoms with Gasteiger partial charge in [-0.15, -0.1) is 0 Å². The molecule has 0 heterocycles. The highest BCUT2D eigenvalue weighted by Gasteiger charge is 2.00. The molecule has 0 amide bonds. The molecule has 0 aromatic heterocycles. The Kier molecular flexibility index (Phi) is 1.86. The van der Waals surface area contributed by atoms with Crippen LogP contribution in [0.25, 0.3) is 0 Å². The van der Waals surface area contributed by atoms with Crippen LogP contribution in [0.3, 0.4) is 0 Å². The van der Waals surface area contributed by atoms with Gasteiger partial charge in [0.25, 0.3) is 0 Å². The third kappa shape index (κ3) is 1.20. The van der Waals surface area contributed by atoms with Gasteiger partial charge in [0.05, 0.1) is 0 Å². The Labute approximate surface area is 49.3 Å². The number of hydrogen-bond acceptors (Lipinski definition) is 1. The van der Waals surface area contributed by atoms with Crippen LogP contribution < -0.4 is 0 Å². The largest absolute Gasteiger partial charge is 0.396 e. The molecule has 1 heteroatoms. The molecule has 0 bridgehead atoms. The predicted octanol–water partition coefficient (Wildman–Crippen LogP) is 1.11. The summed E-state index contributed by atoms with van der Waals surface area (Å²) >= 11 is 0. The lowest BCUT2D eigenvalue weighted by molar-refractivity contribution is 0.253. The summed E-state index contributed by atoms with van der Waals surface area (Å²) in [5.74, 6) is 0.375. The zero-order valence-electron chi connectivity index (χ0n) is 4.75. The minimum absolute atomic E-state index is 0.279. The van der Waals surface area contributed by atoms with Crippen molar-refractivity contribution in [3.63, 3.8) is 0 Å². The normalized spacial score (nSPS) is 26.4. The van der Waals surface area contributed by atoms with Crippen molar-refractivity contribution < 1.29 is 5.11 Å². The highest BCUT2D eigenvalue weighted by atomic mass is 16.3. The van der Waals surface area contributed by atoms with Crippen molar-refractivity contribution in [3.05, 3.63) is 24.3 Å². The van der Waals surface area contributed by atoms with Crippen LogP contribution in [0.15, 0.2) is 24.3 Å². The molecule has 1 rings (SSSR count). The zero-order chi connectivity index (χ0) is 5.82. The first kappa shape index (κ1) is 5.57. The first-order valence-electron chi connectivity index (χ1n) is 2.87. The molecule has 1 aliphatic rings. The zero-order valence-corrected chi connectivity index (χ0v) is 4.75. The first-order chi connectivity index (χ1) is 3.93. The van der Waals surface area contributed by atoms with Crippen molar-refractivity contribution in [2.45, 2.75) is 6.42 Å². The van der Waals surface area contributed by atoms with Crippen molar-refractivity contribution in [1.29, 1.82) is 0 Å². The summed E-state index contributed by atoms with van der Waals surface area (Å²) in [6.07, 6.45) is 9.07. The Morgan fingerprint density at radius 2 is 2.38 bits per heavy atom. The molecule has 0 unspecified atom stereocenters. The van der Waals surface area contributed by atoms with Crippen LogP contribution in [-0.4, -0.2) is 11.7 Å². The molecule has 0 aromatic carbocycles. The predicted molar refractivity (Wildman–Crippen MR) is 33.5 cm³/mol. The first-order valence-corrected chi connectivity index (χ1v) is 2.87. The molecule has 1 nitrogen and oxygen atoms in total. The van der Waals surface area contributed by atoms with E-state index in [1.165, 1.54) is 0 Å². The van der Waals surface area contributed by atoms with E-state index >= 15 is 0 Å². The molecular formula is C7H10O. The Morgan fingerprint density at radius 1 is 1.50 bits per heavy atom. The lowest BCUT2D eigenvalue weighted by Gasteiger charge is -2.06. The van der Waals surface area contributed by atoms with E-state index in [-0.39, 0.29) is 6.61 Å². The maximum atomic E-state index is 8.61. The fourth-order valence-corrected chi connectivity index (χ4v) is 0.767. The molecule has 0 spiro atoms. The fourth-order valence-electron chi connectivity index (χ4n) is 0.767. The molecule has 0 aromatic rings. The lowest BCUT2D eigenvalue weighted by Crippen LogP contribution is -2.01. The highest BCUT2D eigenvalue weighted by Crippen LogP contribution is 2.08. The van der Waals surface area contributed by atoms with E-state index < -0.39 is 0 Å². The van der Waals surface area contributed by atoms with Gasteiger partial charge in [0, 0.05) is 12.5 Å². The van der Waals surface area contributed by atoms with Gasteiger partial charge in [-0.25, -0.2) is 0 Å². The van der Waals surface area contributed by atoms with Crippen LogP contribution in [0.2, 0.25) is 0 Å². The molecule has 8 heavy (non-hydrogen) atoms. The summed E-state index contributed by atoms with van der Waals surface area (Å²) in [5, 5.41) is 8.61. The van der Waals surface area contributed by atoms with E-state index in [0.29, 0.717) is 5.92 Å². The Balaban J connectivity index is 2.40. The number of hydrogen-bond donors (Lipinski definition) is 1. The van der Waals surface area contributed by atoms with Gasteiger partial charge in [-0.2, -0.15) is 0 Å². The fraction of sp³-hybridized carbons (Fsp3) is 0.429. The summed E-state index contributed by atoms with van der Waals surface area (Å²) in [7, 11) is 0. The van der Waals surface area contributed by atoms with Crippen LogP contribution in [0.1, 0.15) is 6.42 Å². The number of allylic oxidation sites excluding steroid dienone is 3. The molecule has 0 aliphatic heterocycles. The summed E-state index contributed by atoms with van der Waals surface area (Å²) in [5.41, 5.74) is 0.